The lowest BCUT2D eigenvalue weighted by Crippen LogP contribution is -2.13. The number of nitriles is 1. The summed E-state index contributed by atoms with van der Waals surface area (Å²) in [6.07, 6.45) is 1.43. The summed E-state index contributed by atoms with van der Waals surface area (Å²) in [6, 6.07) is 13.6. The molecule has 0 aliphatic carbocycles. The number of methoxy groups -OCH3 is 2. The molecule has 2 rings (SSSR count). The molecule has 0 spiro atoms. The second-order valence-electron chi connectivity index (χ2n) is 5.86. The van der Waals surface area contributed by atoms with E-state index in [0.29, 0.717) is 35.1 Å². The number of anilines is 1. The van der Waals surface area contributed by atoms with E-state index in [0.717, 1.165) is 0 Å². The molecule has 1 N–H and O–H groups in total. The van der Waals surface area contributed by atoms with Crippen molar-refractivity contribution in [2.75, 3.05) is 32.8 Å². The van der Waals surface area contributed by atoms with Crippen LogP contribution in [0, 0.1) is 11.3 Å². The molecule has 30 heavy (non-hydrogen) atoms. The molecule has 1 amide bonds. The Morgan fingerprint density at radius 3 is 2.57 bits per heavy atom. The summed E-state index contributed by atoms with van der Waals surface area (Å²) in [4.78, 5) is 23.8. The van der Waals surface area contributed by atoms with Gasteiger partial charge in [-0.15, -0.1) is 0 Å². The van der Waals surface area contributed by atoms with Crippen LogP contribution >= 0.6 is 0 Å². The third kappa shape index (κ3) is 6.27. The maximum atomic E-state index is 12.5. The number of hydrogen-bond acceptors (Lipinski definition) is 7. The van der Waals surface area contributed by atoms with Crippen molar-refractivity contribution in [2.24, 2.45) is 0 Å². The normalized spacial score (nSPS) is 10.5. The quantitative estimate of drug-likeness (QED) is 0.384. The minimum Gasteiger partial charge on any atom is -0.497 e. The van der Waals surface area contributed by atoms with E-state index in [2.05, 4.69) is 10.1 Å². The molecule has 2 aromatic carbocycles. The Morgan fingerprint density at radius 1 is 1.10 bits per heavy atom. The molecule has 0 saturated heterocycles. The van der Waals surface area contributed by atoms with Crippen molar-refractivity contribution >= 4 is 23.6 Å². The number of nitrogens with one attached hydrogen (secondary N) is 1. The highest BCUT2D eigenvalue weighted by Crippen LogP contribution is 2.29. The van der Waals surface area contributed by atoms with Gasteiger partial charge in [0.15, 0.2) is 18.1 Å². The Hall–Kier alpha value is -3.99. The Kier molecular flexibility index (Phi) is 8.27. The molecule has 0 aliphatic heterocycles. The molecular formula is C22H22N2O6. The number of esters is 1. The van der Waals surface area contributed by atoms with Gasteiger partial charge in [0.05, 0.1) is 20.8 Å². The van der Waals surface area contributed by atoms with Gasteiger partial charge in [-0.05, 0) is 42.8 Å². The van der Waals surface area contributed by atoms with Gasteiger partial charge in [-0.25, -0.2) is 4.79 Å². The van der Waals surface area contributed by atoms with Gasteiger partial charge in [-0.2, -0.15) is 5.26 Å². The predicted octanol–water partition coefficient (Wildman–Crippen LogP) is 3.19. The molecule has 156 valence electrons. The van der Waals surface area contributed by atoms with E-state index in [9.17, 15) is 14.9 Å². The van der Waals surface area contributed by atoms with Crippen LogP contribution in [0.3, 0.4) is 0 Å². The number of benzene rings is 2. The largest absolute Gasteiger partial charge is 0.497 e. The minimum atomic E-state index is -0.560. The average Bonchev–Trinajstić information content (AvgIpc) is 2.76. The third-order valence-electron chi connectivity index (χ3n) is 3.84. The highest BCUT2D eigenvalue weighted by molar-refractivity contribution is 6.09. The van der Waals surface area contributed by atoms with E-state index in [1.807, 2.05) is 6.07 Å². The molecule has 0 atom stereocenters. The van der Waals surface area contributed by atoms with E-state index < -0.39 is 11.9 Å². The van der Waals surface area contributed by atoms with Crippen LogP contribution in [0.2, 0.25) is 0 Å². The highest BCUT2D eigenvalue weighted by atomic mass is 16.6. The first-order valence-electron chi connectivity index (χ1n) is 9.04. The van der Waals surface area contributed by atoms with Crippen molar-refractivity contribution in [2.45, 2.75) is 6.92 Å². The SMILES string of the molecule is CCOc1cc(/C=C(/C#N)C(=O)Nc2cccc(OC)c2)ccc1OCC(=O)OC. The van der Waals surface area contributed by atoms with E-state index in [-0.39, 0.29) is 12.2 Å². The summed E-state index contributed by atoms with van der Waals surface area (Å²) < 4.78 is 20.6. The van der Waals surface area contributed by atoms with Crippen molar-refractivity contribution in [1.29, 1.82) is 5.26 Å². The van der Waals surface area contributed by atoms with Gasteiger partial charge in [0.1, 0.15) is 17.4 Å². The van der Waals surface area contributed by atoms with Crippen LogP contribution in [0.1, 0.15) is 12.5 Å². The van der Waals surface area contributed by atoms with Crippen LogP contribution in [-0.4, -0.2) is 39.3 Å². The Morgan fingerprint density at radius 2 is 1.90 bits per heavy atom. The number of rotatable bonds is 9. The molecule has 0 radical (unpaired) electrons. The molecule has 2 aromatic rings. The maximum Gasteiger partial charge on any atom is 0.343 e. The van der Waals surface area contributed by atoms with Gasteiger partial charge in [0, 0.05) is 11.8 Å². The van der Waals surface area contributed by atoms with Crippen LogP contribution < -0.4 is 19.5 Å². The molecule has 0 heterocycles. The summed E-state index contributed by atoms with van der Waals surface area (Å²) in [7, 11) is 2.79. The lowest BCUT2D eigenvalue weighted by molar-refractivity contribution is -0.142. The molecule has 0 unspecified atom stereocenters. The summed E-state index contributed by atoms with van der Waals surface area (Å²) in [6.45, 7) is 1.90. The zero-order valence-electron chi connectivity index (χ0n) is 16.9. The van der Waals surface area contributed by atoms with Gasteiger partial charge in [-0.3, -0.25) is 4.79 Å². The molecule has 8 nitrogen and oxygen atoms in total. The fraction of sp³-hybridized carbons (Fsp3) is 0.227. The molecular weight excluding hydrogens is 388 g/mol. The predicted molar refractivity (Wildman–Crippen MR) is 110 cm³/mol. The summed E-state index contributed by atoms with van der Waals surface area (Å²) >= 11 is 0. The Bertz CT molecular complexity index is 978. The van der Waals surface area contributed by atoms with Crippen molar-refractivity contribution in [1.82, 2.24) is 0 Å². The van der Waals surface area contributed by atoms with Crippen molar-refractivity contribution in [3.8, 4) is 23.3 Å². The summed E-state index contributed by atoms with van der Waals surface area (Å²) in [5.74, 6) is 0.218. The molecule has 0 aliphatic rings. The van der Waals surface area contributed by atoms with Crippen LogP contribution in [0.5, 0.6) is 17.2 Å². The minimum absolute atomic E-state index is 0.0940. The van der Waals surface area contributed by atoms with E-state index in [4.69, 9.17) is 14.2 Å². The first-order valence-corrected chi connectivity index (χ1v) is 9.04. The fourth-order valence-corrected chi connectivity index (χ4v) is 2.41. The van der Waals surface area contributed by atoms with E-state index >= 15 is 0 Å². The van der Waals surface area contributed by atoms with Crippen LogP contribution in [0.15, 0.2) is 48.0 Å². The summed E-state index contributed by atoms with van der Waals surface area (Å²) in [5.41, 5.74) is 0.965. The number of carbonyl (C=O) groups is 2. The molecule has 0 bridgehead atoms. The summed E-state index contributed by atoms with van der Waals surface area (Å²) in [5, 5.41) is 12.1. The van der Waals surface area contributed by atoms with Crippen LogP contribution in [0.4, 0.5) is 5.69 Å². The molecule has 8 heteroatoms. The first-order chi connectivity index (χ1) is 14.5. The van der Waals surface area contributed by atoms with Crippen molar-refractivity contribution in [3.63, 3.8) is 0 Å². The van der Waals surface area contributed by atoms with Crippen LogP contribution in [0.25, 0.3) is 6.08 Å². The number of amides is 1. The second kappa shape index (κ2) is 11.1. The zero-order chi connectivity index (χ0) is 21.9. The van der Waals surface area contributed by atoms with E-state index in [1.165, 1.54) is 20.3 Å². The second-order valence-corrected chi connectivity index (χ2v) is 5.86. The first kappa shape index (κ1) is 22.3. The van der Waals surface area contributed by atoms with Gasteiger partial charge >= 0.3 is 5.97 Å². The fourth-order valence-electron chi connectivity index (χ4n) is 2.41. The van der Waals surface area contributed by atoms with Gasteiger partial charge in [0.2, 0.25) is 0 Å². The molecule has 0 saturated carbocycles. The Balaban J connectivity index is 2.22. The smallest absolute Gasteiger partial charge is 0.343 e. The van der Waals surface area contributed by atoms with Gasteiger partial charge < -0.3 is 24.3 Å². The third-order valence-corrected chi connectivity index (χ3v) is 3.84. The molecule has 0 fully saturated rings. The van der Waals surface area contributed by atoms with Crippen molar-refractivity contribution in [3.05, 3.63) is 53.6 Å². The number of nitrogens with zero attached hydrogens (tertiary/aromatic N) is 1. The standard InChI is InChI=1S/C22H22N2O6/c1-4-29-20-11-15(8-9-19(20)30-14-21(25)28-3)10-16(13-23)22(26)24-17-6-5-7-18(12-17)27-2/h5-12H,4,14H2,1-3H3,(H,24,26)/b16-10-. The number of ether oxygens (including phenoxy) is 4. The number of carbonyl (C=O) groups excluding carboxylic acids is 2. The number of hydrogen-bond donors (Lipinski definition) is 1. The van der Waals surface area contributed by atoms with Crippen LogP contribution in [-0.2, 0) is 14.3 Å². The lowest BCUT2D eigenvalue weighted by atomic mass is 10.1. The zero-order valence-corrected chi connectivity index (χ0v) is 16.9. The average molecular weight is 410 g/mol. The van der Waals surface area contributed by atoms with Crippen molar-refractivity contribution < 1.29 is 28.5 Å². The monoisotopic (exact) mass is 410 g/mol. The lowest BCUT2D eigenvalue weighted by Gasteiger charge is -2.12. The van der Waals surface area contributed by atoms with E-state index in [1.54, 1.807) is 49.4 Å². The molecule has 0 aromatic heterocycles. The van der Waals surface area contributed by atoms with Gasteiger partial charge in [0.25, 0.3) is 5.91 Å². The topological polar surface area (TPSA) is 107 Å². The maximum absolute atomic E-state index is 12.5. The Labute approximate surface area is 174 Å². The highest BCUT2D eigenvalue weighted by Gasteiger charge is 2.13. The van der Waals surface area contributed by atoms with Gasteiger partial charge in [-0.1, -0.05) is 12.1 Å².